The maximum absolute atomic E-state index is 12.0. The summed E-state index contributed by atoms with van der Waals surface area (Å²) in [6.07, 6.45) is 1.56. The molecular formula is C21H24N4O3S. The van der Waals surface area contributed by atoms with Crippen LogP contribution in [0.3, 0.4) is 0 Å². The van der Waals surface area contributed by atoms with Gasteiger partial charge in [-0.2, -0.15) is 5.10 Å². The SMILES string of the molecule is COc1cc(/C=N\NC(=O)CNc2nc3ccccc3s2)ccc1OCC(C)C. The van der Waals surface area contributed by atoms with Crippen LogP contribution in [0, 0.1) is 5.92 Å². The summed E-state index contributed by atoms with van der Waals surface area (Å²) < 4.78 is 12.2. The number of anilines is 1. The van der Waals surface area contributed by atoms with Gasteiger partial charge in [0.15, 0.2) is 16.6 Å². The van der Waals surface area contributed by atoms with Crippen LogP contribution in [0.1, 0.15) is 19.4 Å². The van der Waals surface area contributed by atoms with E-state index < -0.39 is 0 Å². The number of hydrogen-bond donors (Lipinski definition) is 2. The number of nitrogens with one attached hydrogen (secondary N) is 2. The number of benzene rings is 2. The van der Waals surface area contributed by atoms with Gasteiger partial charge in [0.05, 0.1) is 36.7 Å². The number of methoxy groups -OCH3 is 1. The fraction of sp³-hybridized carbons (Fsp3) is 0.286. The molecule has 3 rings (SSSR count). The Bertz CT molecular complexity index is 968. The molecule has 0 saturated heterocycles. The Morgan fingerprint density at radius 3 is 2.83 bits per heavy atom. The molecule has 0 aliphatic carbocycles. The molecule has 0 unspecified atom stereocenters. The average Bonchev–Trinajstić information content (AvgIpc) is 3.14. The van der Waals surface area contributed by atoms with Crippen LogP contribution in [0.4, 0.5) is 5.13 Å². The lowest BCUT2D eigenvalue weighted by atomic mass is 10.2. The minimum Gasteiger partial charge on any atom is -0.493 e. The van der Waals surface area contributed by atoms with Crippen molar-refractivity contribution in [2.45, 2.75) is 13.8 Å². The summed E-state index contributed by atoms with van der Waals surface area (Å²) >= 11 is 1.50. The molecule has 152 valence electrons. The van der Waals surface area contributed by atoms with E-state index in [-0.39, 0.29) is 12.5 Å². The molecule has 0 atom stereocenters. The Balaban J connectivity index is 1.51. The summed E-state index contributed by atoms with van der Waals surface area (Å²) in [7, 11) is 1.59. The lowest BCUT2D eigenvalue weighted by Crippen LogP contribution is -2.25. The van der Waals surface area contributed by atoms with Gasteiger partial charge in [-0.1, -0.05) is 37.3 Å². The summed E-state index contributed by atoms with van der Waals surface area (Å²) in [6.45, 7) is 4.87. The highest BCUT2D eigenvalue weighted by Crippen LogP contribution is 2.28. The molecule has 0 aliphatic heterocycles. The molecule has 7 nitrogen and oxygen atoms in total. The Hall–Kier alpha value is -3.13. The van der Waals surface area contributed by atoms with Crippen molar-refractivity contribution >= 4 is 38.8 Å². The molecule has 0 fully saturated rings. The number of thiazole rings is 1. The maximum atomic E-state index is 12.0. The zero-order chi connectivity index (χ0) is 20.6. The molecule has 0 bridgehead atoms. The van der Waals surface area contributed by atoms with Crippen LogP contribution in [-0.4, -0.2) is 37.4 Å². The number of hydrazone groups is 1. The maximum Gasteiger partial charge on any atom is 0.259 e. The third kappa shape index (κ3) is 5.92. The number of ether oxygens (including phenoxy) is 2. The van der Waals surface area contributed by atoms with Gasteiger partial charge in [-0.05, 0) is 41.8 Å². The third-order valence-corrected chi connectivity index (χ3v) is 4.85. The quantitative estimate of drug-likeness (QED) is 0.411. The zero-order valence-corrected chi connectivity index (χ0v) is 17.5. The number of rotatable bonds is 9. The topological polar surface area (TPSA) is 84.8 Å². The molecule has 3 aromatic rings. The Morgan fingerprint density at radius 1 is 1.24 bits per heavy atom. The van der Waals surface area contributed by atoms with E-state index in [0.29, 0.717) is 29.2 Å². The fourth-order valence-corrected chi connectivity index (χ4v) is 3.32. The summed E-state index contributed by atoms with van der Waals surface area (Å²) in [5.74, 6) is 1.47. The van der Waals surface area contributed by atoms with E-state index in [1.54, 1.807) is 13.3 Å². The lowest BCUT2D eigenvalue weighted by Gasteiger charge is -2.12. The van der Waals surface area contributed by atoms with E-state index in [1.165, 1.54) is 11.3 Å². The highest BCUT2D eigenvalue weighted by Gasteiger charge is 2.07. The van der Waals surface area contributed by atoms with Crippen LogP contribution >= 0.6 is 11.3 Å². The number of nitrogens with zero attached hydrogens (tertiary/aromatic N) is 2. The van der Waals surface area contributed by atoms with Crippen molar-refractivity contribution in [3.63, 3.8) is 0 Å². The van der Waals surface area contributed by atoms with E-state index in [1.807, 2.05) is 42.5 Å². The van der Waals surface area contributed by atoms with Crippen molar-refractivity contribution in [2.24, 2.45) is 11.0 Å². The number of hydrogen-bond acceptors (Lipinski definition) is 7. The largest absolute Gasteiger partial charge is 0.493 e. The number of fused-ring (bicyclic) bond motifs is 1. The average molecular weight is 413 g/mol. The highest BCUT2D eigenvalue weighted by molar-refractivity contribution is 7.22. The van der Waals surface area contributed by atoms with Gasteiger partial charge in [0, 0.05) is 0 Å². The normalized spacial score (nSPS) is 11.2. The first-order valence-electron chi connectivity index (χ1n) is 9.27. The molecule has 29 heavy (non-hydrogen) atoms. The second kappa shape index (κ2) is 9.88. The number of aromatic nitrogens is 1. The monoisotopic (exact) mass is 412 g/mol. The Morgan fingerprint density at radius 2 is 2.07 bits per heavy atom. The first-order chi connectivity index (χ1) is 14.0. The van der Waals surface area contributed by atoms with Gasteiger partial charge in [0.1, 0.15) is 0 Å². The smallest absolute Gasteiger partial charge is 0.259 e. The van der Waals surface area contributed by atoms with Gasteiger partial charge in [-0.25, -0.2) is 10.4 Å². The second-order valence-corrected chi connectivity index (χ2v) is 7.78. The summed E-state index contributed by atoms with van der Waals surface area (Å²) in [6, 6.07) is 13.3. The predicted molar refractivity (Wildman–Crippen MR) is 117 cm³/mol. The second-order valence-electron chi connectivity index (χ2n) is 6.75. The molecule has 0 spiro atoms. The third-order valence-electron chi connectivity index (χ3n) is 3.86. The number of amides is 1. The van der Waals surface area contributed by atoms with E-state index in [4.69, 9.17) is 9.47 Å². The van der Waals surface area contributed by atoms with Crippen LogP contribution in [0.15, 0.2) is 47.6 Å². The minimum atomic E-state index is -0.260. The number of carbonyl (C=O) groups is 1. The van der Waals surface area contributed by atoms with E-state index >= 15 is 0 Å². The molecule has 2 aromatic carbocycles. The molecule has 1 amide bonds. The van der Waals surface area contributed by atoms with E-state index in [9.17, 15) is 4.79 Å². The van der Waals surface area contributed by atoms with Gasteiger partial charge >= 0.3 is 0 Å². The molecule has 8 heteroatoms. The molecule has 1 heterocycles. The summed E-state index contributed by atoms with van der Waals surface area (Å²) in [4.78, 5) is 16.4. The molecule has 2 N–H and O–H groups in total. The standard InChI is InChI=1S/C21H24N4O3S/c1-14(2)13-28-17-9-8-15(10-18(17)27-3)11-23-25-20(26)12-22-21-24-16-6-4-5-7-19(16)29-21/h4-11,14H,12-13H2,1-3H3,(H,22,24)(H,25,26)/b23-11-. The highest BCUT2D eigenvalue weighted by atomic mass is 32.1. The van der Waals surface area contributed by atoms with Crippen molar-refractivity contribution in [1.29, 1.82) is 0 Å². The van der Waals surface area contributed by atoms with Crippen molar-refractivity contribution in [2.75, 3.05) is 25.6 Å². The minimum absolute atomic E-state index is 0.0858. The van der Waals surface area contributed by atoms with Gasteiger partial charge < -0.3 is 14.8 Å². The van der Waals surface area contributed by atoms with Crippen LogP contribution in [0.25, 0.3) is 10.2 Å². The Kier molecular flexibility index (Phi) is 7.02. The molecule has 0 saturated carbocycles. The molecule has 1 aromatic heterocycles. The van der Waals surface area contributed by atoms with Crippen molar-refractivity contribution in [3.8, 4) is 11.5 Å². The predicted octanol–water partition coefficient (Wildman–Crippen LogP) is 3.90. The number of para-hydroxylation sites is 1. The molecular weight excluding hydrogens is 388 g/mol. The zero-order valence-electron chi connectivity index (χ0n) is 16.6. The first-order valence-corrected chi connectivity index (χ1v) is 10.1. The molecule has 0 radical (unpaired) electrons. The van der Waals surface area contributed by atoms with Crippen LogP contribution in [0.2, 0.25) is 0 Å². The van der Waals surface area contributed by atoms with Gasteiger partial charge in [0.2, 0.25) is 0 Å². The Labute approximate surface area is 173 Å². The van der Waals surface area contributed by atoms with E-state index in [0.717, 1.165) is 15.8 Å². The van der Waals surface area contributed by atoms with Crippen LogP contribution < -0.4 is 20.2 Å². The van der Waals surface area contributed by atoms with Crippen molar-refractivity contribution < 1.29 is 14.3 Å². The van der Waals surface area contributed by atoms with Crippen LogP contribution in [0.5, 0.6) is 11.5 Å². The van der Waals surface area contributed by atoms with Gasteiger partial charge in [0.25, 0.3) is 5.91 Å². The lowest BCUT2D eigenvalue weighted by molar-refractivity contribution is -0.119. The van der Waals surface area contributed by atoms with E-state index in [2.05, 4.69) is 34.7 Å². The fourth-order valence-electron chi connectivity index (χ4n) is 2.46. The van der Waals surface area contributed by atoms with Crippen molar-refractivity contribution in [3.05, 3.63) is 48.0 Å². The molecule has 0 aliphatic rings. The van der Waals surface area contributed by atoms with Crippen LogP contribution in [-0.2, 0) is 4.79 Å². The number of carbonyl (C=O) groups excluding carboxylic acids is 1. The summed E-state index contributed by atoms with van der Waals surface area (Å²) in [5, 5.41) is 7.72. The summed E-state index contributed by atoms with van der Waals surface area (Å²) in [5.41, 5.74) is 4.20. The first kappa shape index (κ1) is 20.6. The van der Waals surface area contributed by atoms with Gasteiger partial charge in [-0.15, -0.1) is 0 Å². The van der Waals surface area contributed by atoms with Gasteiger partial charge in [-0.3, -0.25) is 4.79 Å². The van der Waals surface area contributed by atoms with Crippen molar-refractivity contribution in [1.82, 2.24) is 10.4 Å².